The number of carbonyl (C=O) groups excluding carboxylic acids is 1. The topological polar surface area (TPSA) is 51.2 Å². The highest BCUT2D eigenvalue weighted by atomic mass is 35.5. The molecule has 7 heteroatoms. The second-order valence-corrected chi connectivity index (χ2v) is 8.89. The fraction of sp³-hybridized carbons (Fsp3) is 0.304. The summed E-state index contributed by atoms with van der Waals surface area (Å²) < 4.78 is 5.72. The van der Waals surface area contributed by atoms with Gasteiger partial charge in [0.05, 0.1) is 6.61 Å². The Bertz CT molecular complexity index is 974. The molecule has 0 atom stereocenters. The molecule has 0 saturated carbocycles. The predicted octanol–water partition coefficient (Wildman–Crippen LogP) is 7.25. The summed E-state index contributed by atoms with van der Waals surface area (Å²) in [6.45, 7) is 2.89. The number of hydrogen-bond acceptors (Lipinski definition) is 4. The average Bonchev–Trinajstić information content (AvgIpc) is 3.17. The van der Waals surface area contributed by atoms with E-state index in [2.05, 4.69) is 17.2 Å². The van der Waals surface area contributed by atoms with E-state index in [-0.39, 0.29) is 5.91 Å². The molecular formula is C23H24Cl2N2O2S. The van der Waals surface area contributed by atoms with Crippen molar-refractivity contribution in [2.45, 2.75) is 39.0 Å². The van der Waals surface area contributed by atoms with Crippen LogP contribution >= 0.6 is 34.5 Å². The smallest absolute Gasteiger partial charge is 0.257 e. The summed E-state index contributed by atoms with van der Waals surface area (Å²) in [6.07, 6.45) is 7.01. The fourth-order valence-corrected chi connectivity index (χ4v) is 4.11. The number of hydrogen-bond donors (Lipinski definition) is 1. The number of unbranched alkanes of at least 4 members (excludes halogenated alkanes) is 3. The number of thiazole rings is 1. The third kappa shape index (κ3) is 6.73. The van der Waals surface area contributed by atoms with E-state index in [1.54, 1.807) is 30.5 Å². The number of nitrogens with zero attached hydrogens (tertiary/aromatic N) is 1. The zero-order valence-electron chi connectivity index (χ0n) is 16.8. The molecule has 2 aromatic carbocycles. The first kappa shape index (κ1) is 22.6. The molecule has 4 nitrogen and oxygen atoms in total. The molecule has 3 aromatic rings. The molecule has 0 saturated heterocycles. The molecule has 1 N–H and O–H groups in total. The molecule has 0 aliphatic heterocycles. The summed E-state index contributed by atoms with van der Waals surface area (Å²) in [7, 11) is 0. The molecule has 0 fully saturated rings. The lowest BCUT2D eigenvalue weighted by molar-refractivity contribution is 0.102. The molecule has 0 aliphatic rings. The van der Waals surface area contributed by atoms with Crippen molar-refractivity contribution in [2.24, 2.45) is 0 Å². The number of amides is 1. The van der Waals surface area contributed by atoms with Gasteiger partial charge in [-0.15, -0.1) is 11.3 Å². The van der Waals surface area contributed by atoms with Crippen molar-refractivity contribution >= 4 is 45.6 Å². The first-order valence-corrected chi connectivity index (χ1v) is 11.5. The van der Waals surface area contributed by atoms with Crippen LogP contribution in [0.3, 0.4) is 0 Å². The largest absolute Gasteiger partial charge is 0.494 e. The van der Waals surface area contributed by atoms with Gasteiger partial charge in [0, 0.05) is 33.1 Å². The van der Waals surface area contributed by atoms with Crippen LogP contribution in [0.4, 0.5) is 5.13 Å². The van der Waals surface area contributed by atoms with Crippen molar-refractivity contribution in [3.05, 3.63) is 74.7 Å². The lowest BCUT2D eigenvalue weighted by Gasteiger charge is -2.07. The Morgan fingerprint density at radius 3 is 2.67 bits per heavy atom. The van der Waals surface area contributed by atoms with Crippen LogP contribution in [-0.4, -0.2) is 17.5 Å². The van der Waals surface area contributed by atoms with Gasteiger partial charge in [-0.1, -0.05) is 49.4 Å². The number of ether oxygens (including phenoxy) is 1. The van der Waals surface area contributed by atoms with Crippen molar-refractivity contribution < 1.29 is 9.53 Å². The van der Waals surface area contributed by atoms with Crippen LogP contribution in [-0.2, 0) is 6.42 Å². The second kappa shape index (κ2) is 11.3. The number of halogens is 2. The maximum atomic E-state index is 12.5. The Hall–Kier alpha value is -2.08. The van der Waals surface area contributed by atoms with Crippen LogP contribution in [0.15, 0.2) is 48.7 Å². The number of nitrogens with one attached hydrogen (secondary N) is 1. The Morgan fingerprint density at radius 2 is 1.90 bits per heavy atom. The first-order chi connectivity index (χ1) is 14.5. The van der Waals surface area contributed by atoms with E-state index in [0.717, 1.165) is 22.6 Å². The van der Waals surface area contributed by atoms with Crippen molar-refractivity contribution in [1.82, 2.24) is 4.98 Å². The summed E-state index contributed by atoms with van der Waals surface area (Å²) in [4.78, 5) is 17.8. The van der Waals surface area contributed by atoms with Gasteiger partial charge in [0.2, 0.25) is 0 Å². The van der Waals surface area contributed by atoms with Gasteiger partial charge < -0.3 is 4.74 Å². The lowest BCUT2D eigenvalue weighted by atomic mass is 10.1. The molecule has 1 aromatic heterocycles. The van der Waals surface area contributed by atoms with E-state index in [1.807, 2.05) is 18.2 Å². The van der Waals surface area contributed by atoms with Gasteiger partial charge in [0.15, 0.2) is 5.13 Å². The molecular weight excluding hydrogens is 439 g/mol. The lowest BCUT2D eigenvalue weighted by Crippen LogP contribution is -2.11. The van der Waals surface area contributed by atoms with Gasteiger partial charge in [0.1, 0.15) is 5.75 Å². The van der Waals surface area contributed by atoms with Crippen molar-refractivity contribution in [3.8, 4) is 5.75 Å². The normalized spacial score (nSPS) is 10.8. The molecule has 30 heavy (non-hydrogen) atoms. The van der Waals surface area contributed by atoms with Crippen LogP contribution < -0.4 is 10.1 Å². The Kier molecular flexibility index (Phi) is 8.55. The zero-order valence-corrected chi connectivity index (χ0v) is 19.1. The minimum absolute atomic E-state index is 0.203. The zero-order chi connectivity index (χ0) is 21.3. The van der Waals surface area contributed by atoms with Crippen LogP contribution in [0, 0.1) is 0 Å². The standard InChI is InChI=1S/C23H24Cl2N2O2S/c1-2-3-4-5-12-29-19-9-6-16(7-10-19)22(28)27-23-26-15-20(30-23)14-17-13-18(24)8-11-21(17)25/h6-11,13,15H,2-5,12,14H2,1H3,(H,26,27,28). The summed E-state index contributed by atoms with van der Waals surface area (Å²) in [5, 5.41) is 4.69. The van der Waals surface area contributed by atoms with E-state index in [4.69, 9.17) is 27.9 Å². The van der Waals surface area contributed by atoms with Gasteiger partial charge in [-0.05, 0) is 54.4 Å². The molecule has 0 unspecified atom stereocenters. The predicted molar refractivity (Wildman–Crippen MR) is 125 cm³/mol. The SMILES string of the molecule is CCCCCCOc1ccc(C(=O)Nc2ncc(Cc3cc(Cl)ccc3Cl)s2)cc1. The van der Waals surface area contributed by atoms with Crippen LogP contribution in [0.25, 0.3) is 0 Å². The van der Waals surface area contributed by atoms with Crippen LogP contribution in [0.1, 0.15) is 53.4 Å². The highest BCUT2D eigenvalue weighted by Gasteiger charge is 2.11. The molecule has 0 spiro atoms. The van der Waals surface area contributed by atoms with Crippen molar-refractivity contribution in [3.63, 3.8) is 0 Å². The quantitative estimate of drug-likeness (QED) is 0.322. The Balaban J connectivity index is 1.53. The molecule has 0 bridgehead atoms. The van der Waals surface area contributed by atoms with Crippen molar-refractivity contribution in [1.29, 1.82) is 0 Å². The second-order valence-electron chi connectivity index (χ2n) is 6.93. The summed E-state index contributed by atoms with van der Waals surface area (Å²) in [6, 6.07) is 12.5. The number of carbonyl (C=O) groups is 1. The Morgan fingerprint density at radius 1 is 1.10 bits per heavy atom. The molecule has 1 amide bonds. The molecule has 1 heterocycles. The fourth-order valence-electron chi connectivity index (χ4n) is 2.90. The van der Waals surface area contributed by atoms with E-state index in [1.165, 1.54) is 30.6 Å². The van der Waals surface area contributed by atoms with Gasteiger partial charge in [-0.2, -0.15) is 0 Å². The first-order valence-electron chi connectivity index (χ1n) is 9.98. The highest BCUT2D eigenvalue weighted by molar-refractivity contribution is 7.15. The van der Waals surface area contributed by atoms with Crippen molar-refractivity contribution in [2.75, 3.05) is 11.9 Å². The minimum atomic E-state index is -0.203. The highest BCUT2D eigenvalue weighted by Crippen LogP contribution is 2.27. The summed E-state index contributed by atoms with van der Waals surface area (Å²) >= 11 is 13.7. The monoisotopic (exact) mass is 462 g/mol. The maximum Gasteiger partial charge on any atom is 0.257 e. The summed E-state index contributed by atoms with van der Waals surface area (Å²) in [5.74, 6) is 0.573. The van der Waals surface area contributed by atoms with E-state index in [9.17, 15) is 4.79 Å². The van der Waals surface area contributed by atoms with Gasteiger partial charge in [0.25, 0.3) is 5.91 Å². The number of anilines is 1. The average molecular weight is 463 g/mol. The maximum absolute atomic E-state index is 12.5. The van der Waals surface area contributed by atoms with E-state index < -0.39 is 0 Å². The third-order valence-electron chi connectivity index (χ3n) is 4.53. The molecule has 0 radical (unpaired) electrons. The number of benzene rings is 2. The van der Waals surface area contributed by atoms with Gasteiger partial charge >= 0.3 is 0 Å². The summed E-state index contributed by atoms with van der Waals surface area (Å²) in [5.41, 5.74) is 1.49. The number of rotatable bonds is 10. The van der Waals surface area contributed by atoms with Gasteiger partial charge in [-0.25, -0.2) is 4.98 Å². The molecule has 0 aliphatic carbocycles. The molecule has 3 rings (SSSR count). The van der Waals surface area contributed by atoms with Gasteiger partial charge in [-0.3, -0.25) is 10.1 Å². The third-order valence-corrected chi connectivity index (χ3v) is 6.05. The Labute approximate surface area is 191 Å². The number of aromatic nitrogens is 1. The molecule has 158 valence electrons. The van der Waals surface area contributed by atoms with E-state index >= 15 is 0 Å². The minimum Gasteiger partial charge on any atom is -0.494 e. The van der Waals surface area contributed by atoms with E-state index in [0.29, 0.717) is 33.8 Å². The van der Waals surface area contributed by atoms with Crippen LogP contribution in [0.5, 0.6) is 5.75 Å². The van der Waals surface area contributed by atoms with Crippen LogP contribution in [0.2, 0.25) is 10.0 Å².